The van der Waals surface area contributed by atoms with E-state index in [4.69, 9.17) is 0 Å². The van der Waals surface area contributed by atoms with Gasteiger partial charge in [0.2, 0.25) is 0 Å². The van der Waals surface area contributed by atoms with Crippen molar-refractivity contribution in [3.8, 4) is 0 Å². The third-order valence-electron chi connectivity index (χ3n) is 1.59. The van der Waals surface area contributed by atoms with Gasteiger partial charge in [0, 0.05) is 18.3 Å². The summed E-state index contributed by atoms with van der Waals surface area (Å²) in [7, 11) is 0. The summed E-state index contributed by atoms with van der Waals surface area (Å²) in [5, 5.41) is 9.52. The van der Waals surface area contributed by atoms with Gasteiger partial charge in [0.15, 0.2) is 0 Å². The first-order chi connectivity index (χ1) is 5.47. The molecule has 0 amide bonds. The molecule has 66 valence electrons. The molecule has 1 N–H and O–H groups in total. The molecule has 2 nitrogen and oxygen atoms in total. The van der Waals surface area contributed by atoms with Crippen LogP contribution in [0.5, 0.6) is 0 Å². The second-order valence-corrected chi connectivity index (χ2v) is 3.81. The maximum atomic E-state index is 9.52. The zero-order valence-electron chi connectivity index (χ0n) is 7.83. The highest BCUT2D eigenvalue weighted by molar-refractivity contribution is 5.15. The largest absolute Gasteiger partial charge is 0.390 e. The predicted molar refractivity (Wildman–Crippen MR) is 49.0 cm³/mol. The first-order valence-electron chi connectivity index (χ1n) is 4.11. The molecule has 0 aliphatic rings. The van der Waals surface area contributed by atoms with Gasteiger partial charge in [-0.15, -0.1) is 0 Å². The maximum absolute atomic E-state index is 9.52. The number of aryl methyl sites for hydroxylation is 1. The summed E-state index contributed by atoms with van der Waals surface area (Å²) >= 11 is 0. The predicted octanol–water partition coefficient (Wildman–Crippen LogP) is 1.70. The molecule has 0 fully saturated rings. The van der Waals surface area contributed by atoms with E-state index < -0.39 is 5.60 Å². The summed E-state index contributed by atoms with van der Waals surface area (Å²) in [6.45, 7) is 5.60. The molecule has 1 heterocycles. The highest BCUT2D eigenvalue weighted by Gasteiger charge is 2.13. The van der Waals surface area contributed by atoms with Crippen LogP contribution in [-0.4, -0.2) is 15.7 Å². The van der Waals surface area contributed by atoms with E-state index in [9.17, 15) is 5.11 Å². The van der Waals surface area contributed by atoms with Crippen molar-refractivity contribution in [3.63, 3.8) is 0 Å². The SMILES string of the molecule is Cc1ccnc(CC(C)(C)O)c1. The Morgan fingerprint density at radius 3 is 2.67 bits per heavy atom. The standard InChI is InChI=1S/C10H15NO/c1-8-4-5-11-9(6-8)7-10(2,3)12/h4-6,12H,7H2,1-3H3. The number of rotatable bonds is 2. The van der Waals surface area contributed by atoms with E-state index in [0.717, 1.165) is 5.69 Å². The molecule has 1 aromatic rings. The van der Waals surface area contributed by atoms with Crippen molar-refractivity contribution in [2.45, 2.75) is 32.8 Å². The van der Waals surface area contributed by atoms with Gasteiger partial charge in [-0.1, -0.05) is 0 Å². The Morgan fingerprint density at radius 1 is 1.50 bits per heavy atom. The minimum atomic E-state index is -0.666. The number of aromatic nitrogens is 1. The van der Waals surface area contributed by atoms with Crippen LogP contribution in [0.15, 0.2) is 18.3 Å². The van der Waals surface area contributed by atoms with Gasteiger partial charge >= 0.3 is 0 Å². The van der Waals surface area contributed by atoms with Crippen LogP contribution < -0.4 is 0 Å². The molecule has 12 heavy (non-hydrogen) atoms. The molecule has 0 unspecified atom stereocenters. The molecule has 1 rings (SSSR count). The van der Waals surface area contributed by atoms with Gasteiger partial charge < -0.3 is 5.11 Å². The van der Waals surface area contributed by atoms with Crippen LogP contribution in [0.4, 0.5) is 0 Å². The smallest absolute Gasteiger partial charge is 0.0647 e. The van der Waals surface area contributed by atoms with Gasteiger partial charge in [0.05, 0.1) is 5.60 Å². The van der Waals surface area contributed by atoms with Gasteiger partial charge in [-0.2, -0.15) is 0 Å². The molecule has 0 bridgehead atoms. The molecule has 1 aromatic heterocycles. The summed E-state index contributed by atoms with van der Waals surface area (Å²) in [6.07, 6.45) is 2.38. The molecule has 0 spiro atoms. The Bertz CT molecular complexity index is 263. The third-order valence-corrected chi connectivity index (χ3v) is 1.59. The van der Waals surface area contributed by atoms with Gasteiger partial charge in [-0.3, -0.25) is 4.98 Å². The fraction of sp³-hybridized carbons (Fsp3) is 0.500. The van der Waals surface area contributed by atoms with E-state index in [2.05, 4.69) is 4.98 Å². The minimum absolute atomic E-state index is 0.606. The topological polar surface area (TPSA) is 33.1 Å². The van der Waals surface area contributed by atoms with E-state index in [1.165, 1.54) is 5.56 Å². The van der Waals surface area contributed by atoms with Crippen LogP contribution in [0.3, 0.4) is 0 Å². The normalized spacial score (nSPS) is 11.7. The van der Waals surface area contributed by atoms with Crippen LogP contribution in [0, 0.1) is 6.92 Å². The molecule has 0 aliphatic carbocycles. The molecule has 2 heteroatoms. The Balaban J connectivity index is 2.77. The highest BCUT2D eigenvalue weighted by atomic mass is 16.3. The first kappa shape index (κ1) is 9.20. The molecular formula is C10H15NO. The Kier molecular flexibility index (Phi) is 2.48. The van der Waals surface area contributed by atoms with Gasteiger partial charge in [0.25, 0.3) is 0 Å². The van der Waals surface area contributed by atoms with Crippen molar-refractivity contribution >= 4 is 0 Å². The van der Waals surface area contributed by atoms with Crippen LogP contribution in [0.25, 0.3) is 0 Å². The lowest BCUT2D eigenvalue weighted by molar-refractivity contribution is 0.0799. The van der Waals surface area contributed by atoms with E-state index in [-0.39, 0.29) is 0 Å². The summed E-state index contributed by atoms with van der Waals surface area (Å²) in [6, 6.07) is 3.95. The van der Waals surface area contributed by atoms with Crippen LogP contribution in [0.2, 0.25) is 0 Å². The Morgan fingerprint density at radius 2 is 2.17 bits per heavy atom. The lowest BCUT2D eigenvalue weighted by atomic mass is 10.0. The molecule has 0 atom stereocenters. The van der Waals surface area contributed by atoms with Crippen LogP contribution >= 0.6 is 0 Å². The first-order valence-corrected chi connectivity index (χ1v) is 4.11. The van der Waals surface area contributed by atoms with Gasteiger partial charge in [-0.05, 0) is 38.5 Å². The minimum Gasteiger partial charge on any atom is -0.390 e. The van der Waals surface area contributed by atoms with Crippen molar-refractivity contribution < 1.29 is 5.11 Å². The number of hydrogen-bond acceptors (Lipinski definition) is 2. The van der Waals surface area contributed by atoms with Crippen LogP contribution in [-0.2, 0) is 6.42 Å². The van der Waals surface area contributed by atoms with Crippen molar-refractivity contribution in [3.05, 3.63) is 29.6 Å². The average molecular weight is 165 g/mol. The van der Waals surface area contributed by atoms with Crippen molar-refractivity contribution in [2.75, 3.05) is 0 Å². The zero-order valence-corrected chi connectivity index (χ0v) is 7.83. The van der Waals surface area contributed by atoms with E-state index >= 15 is 0 Å². The molecule has 0 saturated heterocycles. The number of aliphatic hydroxyl groups is 1. The molecule has 0 aromatic carbocycles. The van der Waals surface area contributed by atoms with Crippen LogP contribution in [0.1, 0.15) is 25.1 Å². The fourth-order valence-corrected chi connectivity index (χ4v) is 1.14. The lowest BCUT2D eigenvalue weighted by Crippen LogP contribution is -2.22. The number of pyridine rings is 1. The van der Waals surface area contributed by atoms with E-state index in [1.807, 2.05) is 19.1 Å². The fourth-order valence-electron chi connectivity index (χ4n) is 1.14. The number of hydrogen-bond donors (Lipinski definition) is 1. The summed E-state index contributed by atoms with van der Waals surface area (Å²) in [4.78, 5) is 4.16. The second kappa shape index (κ2) is 3.23. The third kappa shape index (κ3) is 3.01. The average Bonchev–Trinajstić information content (AvgIpc) is 1.82. The maximum Gasteiger partial charge on any atom is 0.0647 e. The Labute approximate surface area is 73.3 Å². The summed E-state index contributed by atoms with van der Waals surface area (Å²) in [5.41, 5.74) is 1.47. The molecule has 0 saturated carbocycles. The second-order valence-electron chi connectivity index (χ2n) is 3.81. The summed E-state index contributed by atoms with van der Waals surface area (Å²) in [5.74, 6) is 0. The zero-order chi connectivity index (χ0) is 9.19. The Hall–Kier alpha value is -0.890. The van der Waals surface area contributed by atoms with Crippen molar-refractivity contribution in [1.82, 2.24) is 4.98 Å². The summed E-state index contributed by atoms with van der Waals surface area (Å²) < 4.78 is 0. The quantitative estimate of drug-likeness (QED) is 0.723. The number of nitrogens with zero attached hydrogens (tertiary/aromatic N) is 1. The lowest BCUT2D eigenvalue weighted by Gasteiger charge is -2.16. The monoisotopic (exact) mass is 165 g/mol. The highest BCUT2D eigenvalue weighted by Crippen LogP contribution is 2.10. The van der Waals surface area contributed by atoms with E-state index in [0.29, 0.717) is 6.42 Å². The molecule has 0 aliphatic heterocycles. The van der Waals surface area contributed by atoms with Crippen molar-refractivity contribution in [2.24, 2.45) is 0 Å². The van der Waals surface area contributed by atoms with Gasteiger partial charge in [-0.25, -0.2) is 0 Å². The van der Waals surface area contributed by atoms with E-state index in [1.54, 1.807) is 20.0 Å². The van der Waals surface area contributed by atoms with Crippen molar-refractivity contribution in [1.29, 1.82) is 0 Å². The molecule has 0 radical (unpaired) electrons. The van der Waals surface area contributed by atoms with Gasteiger partial charge in [0.1, 0.15) is 0 Å². The molecular weight excluding hydrogens is 150 g/mol.